The summed E-state index contributed by atoms with van der Waals surface area (Å²) < 4.78 is 3.24. The van der Waals surface area contributed by atoms with Crippen LogP contribution < -0.4 is 4.30 Å². The molecule has 1 N–H and O–H groups in total. The van der Waals surface area contributed by atoms with E-state index in [1.807, 2.05) is 0 Å². The predicted molar refractivity (Wildman–Crippen MR) is 113 cm³/mol. The molecule has 0 bridgehead atoms. The maximum Gasteiger partial charge on any atom is 0.305 e. The Hall–Kier alpha value is -2.79. The molecule has 0 atom stereocenters. The monoisotopic (exact) mass is 359 g/mol. The molecule has 126 valence electrons. The lowest BCUT2D eigenvalue weighted by atomic mass is 9.67. The average Bonchev–Trinajstić information content (AvgIpc) is 3.05. The first-order valence-corrected chi connectivity index (χ1v) is 9.75. The normalized spacial score (nSPS) is 13.6. The van der Waals surface area contributed by atoms with Crippen molar-refractivity contribution < 1.29 is 0 Å². The minimum absolute atomic E-state index is 0.314. The highest BCUT2D eigenvalue weighted by Crippen LogP contribution is 2.56. The fourth-order valence-electron chi connectivity index (χ4n) is 4.53. The largest absolute Gasteiger partial charge is 0.491 e. The number of fused-ring (bicyclic) bond motifs is 3. The van der Waals surface area contributed by atoms with Gasteiger partial charge in [0.1, 0.15) is 0 Å². The second-order valence-electron chi connectivity index (χ2n) is 6.93. The quantitative estimate of drug-likeness (QED) is 0.417. The van der Waals surface area contributed by atoms with Gasteiger partial charge < -0.3 is 4.30 Å². The van der Waals surface area contributed by atoms with Gasteiger partial charge in [0, 0.05) is 5.69 Å². The molecule has 0 spiro atoms. The Morgan fingerprint density at radius 3 is 1.74 bits per heavy atom. The lowest BCUT2D eigenvalue weighted by Crippen LogP contribution is -2.28. The van der Waals surface area contributed by atoms with Crippen molar-refractivity contribution in [3.05, 3.63) is 125 Å². The Morgan fingerprint density at radius 2 is 1.11 bits per heavy atom. The lowest BCUT2D eigenvalue weighted by molar-refractivity contribution is 0.769. The van der Waals surface area contributed by atoms with Gasteiger partial charge >= 0.3 is 16.5 Å². The van der Waals surface area contributed by atoms with E-state index in [2.05, 4.69) is 124 Å². The Labute approximate surface area is 168 Å². The second kappa shape index (κ2) is 6.43. The highest BCUT2D eigenvalue weighted by Gasteiger charge is 2.45. The lowest BCUT2D eigenvalue weighted by Gasteiger charge is -2.34. The smallest absolute Gasteiger partial charge is 0.305 e. The molecule has 0 heterocycles. The minimum Gasteiger partial charge on any atom is -0.491 e. The Bertz CT molecular complexity index is 1060. The van der Waals surface area contributed by atoms with E-state index >= 15 is 0 Å². The average molecular weight is 359 g/mol. The summed E-state index contributed by atoms with van der Waals surface area (Å²) in [5.74, 6) is 0. The van der Waals surface area contributed by atoms with E-state index in [1.165, 1.54) is 33.4 Å². The van der Waals surface area contributed by atoms with Gasteiger partial charge in [-0.3, -0.25) is 0 Å². The van der Waals surface area contributed by atoms with Gasteiger partial charge in [0.2, 0.25) is 0 Å². The number of hydrogen-bond acceptors (Lipinski definition) is 1. The zero-order chi connectivity index (χ0) is 18.3. The number of benzene rings is 4. The second-order valence-corrected chi connectivity index (χ2v) is 7.22. The molecule has 1 aliphatic carbocycles. The molecule has 0 unspecified atom stereocenters. The van der Waals surface area contributed by atoms with Crippen LogP contribution in [0.5, 0.6) is 0 Å². The van der Waals surface area contributed by atoms with Crippen LogP contribution in [0.15, 0.2) is 103 Å². The van der Waals surface area contributed by atoms with Crippen LogP contribution >= 0.6 is 0 Å². The molecule has 4 aromatic carbocycles. The van der Waals surface area contributed by atoms with Crippen LogP contribution in [-0.2, 0) is 5.41 Å². The van der Waals surface area contributed by atoms with E-state index in [1.54, 1.807) is 0 Å². The molecule has 0 amide bonds. The van der Waals surface area contributed by atoms with Gasteiger partial charge in [-0.2, -0.15) is 0 Å². The molecule has 4 aromatic rings. The van der Waals surface area contributed by atoms with Crippen molar-refractivity contribution in [2.75, 3.05) is 4.30 Å². The van der Waals surface area contributed by atoms with Gasteiger partial charge in [0.05, 0.1) is 5.41 Å². The summed E-state index contributed by atoms with van der Waals surface area (Å²) in [4.78, 5) is 0. The molecule has 5 rings (SSSR count). The Kier molecular flexibility index (Phi) is 3.90. The van der Waals surface area contributed by atoms with E-state index in [0.29, 0.717) is 0 Å². The van der Waals surface area contributed by atoms with Gasteiger partial charge in [-0.25, -0.2) is 0 Å². The third-order valence-electron chi connectivity index (χ3n) is 5.63. The predicted octanol–water partition coefficient (Wildman–Crippen LogP) is 5.55. The number of hydrogen-bond donors (Lipinski definition) is 1. The molecule has 27 heavy (non-hydrogen) atoms. The summed E-state index contributed by atoms with van der Waals surface area (Å²) in [7, 11) is 0. The molecule has 1 nitrogen and oxygen atoms in total. The molecule has 2 heteroatoms. The third kappa shape index (κ3) is 2.31. The number of nitrogens with one attached hydrogen (secondary N) is 1. The van der Waals surface area contributed by atoms with Gasteiger partial charge in [-0.05, 0) is 45.5 Å². The molecular formula is C25H18AlN. The van der Waals surface area contributed by atoms with E-state index in [4.69, 9.17) is 0 Å². The molecule has 0 aliphatic heterocycles. The zero-order valence-electron chi connectivity index (χ0n) is 14.9. The first kappa shape index (κ1) is 16.4. The summed E-state index contributed by atoms with van der Waals surface area (Å²) in [6.45, 7) is 0. The summed E-state index contributed by atoms with van der Waals surface area (Å²) in [5.41, 5.74) is 8.67. The van der Waals surface area contributed by atoms with Crippen LogP contribution in [-0.4, -0.2) is 16.5 Å². The zero-order valence-corrected chi connectivity index (χ0v) is 16.0. The van der Waals surface area contributed by atoms with Crippen LogP contribution in [0.25, 0.3) is 11.1 Å². The number of anilines is 1. The summed E-state index contributed by atoms with van der Waals surface area (Å²) in [6.07, 6.45) is 0. The Morgan fingerprint density at radius 1 is 0.556 bits per heavy atom. The van der Waals surface area contributed by atoms with E-state index < -0.39 is 0 Å². The maximum atomic E-state index is 3.24. The summed E-state index contributed by atoms with van der Waals surface area (Å²) in [5, 5.41) is 0. The van der Waals surface area contributed by atoms with Crippen molar-refractivity contribution in [3.63, 3.8) is 0 Å². The van der Waals surface area contributed by atoms with Gasteiger partial charge in [-0.1, -0.05) is 91.0 Å². The van der Waals surface area contributed by atoms with Crippen LogP contribution in [0.4, 0.5) is 5.69 Å². The molecule has 1 aliphatic rings. The maximum absolute atomic E-state index is 3.24. The van der Waals surface area contributed by atoms with Gasteiger partial charge in [0.15, 0.2) is 0 Å². The van der Waals surface area contributed by atoms with Gasteiger partial charge in [0.25, 0.3) is 0 Å². The highest BCUT2D eigenvalue weighted by atomic mass is 27.1. The van der Waals surface area contributed by atoms with Crippen molar-refractivity contribution in [2.45, 2.75) is 5.41 Å². The number of rotatable bonds is 3. The van der Waals surface area contributed by atoms with E-state index in [0.717, 1.165) is 5.69 Å². The van der Waals surface area contributed by atoms with E-state index in [-0.39, 0.29) is 5.41 Å². The topological polar surface area (TPSA) is 12.0 Å². The molecule has 2 radical (unpaired) electrons. The van der Waals surface area contributed by atoms with Crippen molar-refractivity contribution in [3.8, 4) is 11.1 Å². The van der Waals surface area contributed by atoms with Crippen LogP contribution in [0, 0.1) is 0 Å². The molecule has 0 saturated carbocycles. The summed E-state index contributed by atoms with van der Waals surface area (Å²) >= 11 is 2.61. The first-order chi connectivity index (χ1) is 13.4. The fraction of sp³-hybridized carbons (Fsp3) is 0.0400. The summed E-state index contributed by atoms with van der Waals surface area (Å²) in [6, 6.07) is 37.2. The minimum atomic E-state index is -0.314. The van der Waals surface area contributed by atoms with Gasteiger partial charge in [-0.15, -0.1) is 0 Å². The van der Waals surface area contributed by atoms with E-state index in [9.17, 15) is 0 Å². The third-order valence-corrected chi connectivity index (χ3v) is 5.96. The first-order valence-electron chi connectivity index (χ1n) is 9.18. The SMILES string of the molecule is [Al][NH]c1ccc2c(c1)C(c1ccccc1)(c1ccccc1)c1ccccc1-2. The van der Waals surface area contributed by atoms with Crippen LogP contribution in [0.1, 0.15) is 22.3 Å². The molecule has 0 fully saturated rings. The fourth-order valence-corrected chi connectivity index (χ4v) is 4.71. The molecule has 0 saturated heterocycles. The van der Waals surface area contributed by atoms with Crippen LogP contribution in [0.2, 0.25) is 0 Å². The highest BCUT2D eigenvalue weighted by molar-refractivity contribution is 6.16. The van der Waals surface area contributed by atoms with Crippen molar-refractivity contribution in [1.82, 2.24) is 0 Å². The molecule has 0 aromatic heterocycles. The van der Waals surface area contributed by atoms with Crippen molar-refractivity contribution in [1.29, 1.82) is 0 Å². The van der Waals surface area contributed by atoms with Crippen LogP contribution in [0.3, 0.4) is 0 Å². The Balaban J connectivity index is 1.97. The molecular weight excluding hydrogens is 341 g/mol. The van der Waals surface area contributed by atoms with Crippen molar-refractivity contribution >= 4 is 22.2 Å². The standard InChI is InChI=1S/C25H18N.Al/c26-20-15-16-22-21-13-7-8-14-23(21)25(24(22)17-20,18-9-3-1-4-10-18)19-11-5-2-6-12-19;/h1-17,26H;/q-1;+1. The van der Waals surface area contributed by atoms with Crippen molar-refractivity contribution in [2.24, 2.45) is 0 Å².